The van der Waals surface area contributed by atoms with Crippen LogP contribution in [0.2, 0.25) is 0 Å². The molecule has 0 saturated carbocycles. The summed E-state index contributed by atoms with van der Waals surface area (Å²) in [6, 6.07) is 6.83. The molecule has 5 nitrogen and oxygen atoms in total. The number of hydrogen-bond acceptors (Lipinski definition) is 4. The van der Waals surface area contributed by atoms with Crippen molar-refractivity contribution in [1.82, 2.24) is 4.31 Å². The fourth-order valence-corrected chi connectivity index (χ4v) is 3.72. The van der Waals surface area contributed by atoms with Crippen LogP contribution in [-0.4, -0.2) is 46.1 Å². The summed E-state index contributed by atoms with van der Waals surface area (Å²) in [5, 5.41) is 2.97. The first-order valence-corrected chi connectivity index (χ1v) is 7.82. The van der Waals surface area contributed by atoms with Crippen LogP contribution in [0.15, 0.2) is 29.2 Å². The Labute approximate surface area is 114 Å². The molecule has 0 radical (unpaired) electrons. The second-order valence-electron chi connectivity index (χ2n) is 4.61. The Morgan fingerprint density at radius 3 is 2.26 bits per heavy atom. The van der Waals surface area contributed by atoms with Crippen molar-refractivity contribution < 1.29 is 13.2 Å². The molecule has 1 aromatic carbocycles. The second kappa shape index (κ2) is 5.90. The van der Waals surface area contributed by atoms with Gasteiger partial charge in [0, 0.05) is 32.9 Å². The van der Waals surface area contributed by atoms with E-state index >= 15 is 0 Å². The number of sulfonamides is 1. The van der Waals surface area contributed by atoms with Gasteiger partial charge in [-0.1, -0.05) is 0 Å². The van der Waals surface area contributed by atoms with E-state index in [0.717, 1.165) is 18.5 Å². The van der Waals surface area contributed by atoms with Gasteiger partial charge in [0.2, 0.25) is 10.0 Å². The van der Waals surface area contributed by atoms with E-state index in [4.69, 9.17) is 4.74 Å². The number of ether oxygens (including phenoxy) is 1. The van der Waals surface area contributed by atoms with Crippen LogP contribution in [0.4, 0.5) is 5.69 Å². The minimum atomic E-state index is -3.37. The Kier molecular flexibility index (Phi) is 4.44. The third-order valence-corrected chi connectivity index (χ3v) is 5.43. The van der Waals surface area contributed by atoms with Crippen molar-refractivity contribution in [3.05, 3.63) is 24.3 Å². The lowest BCUT2D eigenvalue weighted by Crippen LogP contribution is -2.40. The Bertz CT molecular complexity index is 505. The highest BCUT2D eigenvalue weighted by atomic mass is 32.2. The number of hydrogen-bond donors (Lipinski definition) is 1. The number of nitrogens with zero attached hydrogens (tertiary/aromatic N) is 1. The van der Waals surface area contributed by atoms with Crippen molar-refractivity contribution in [2.24, 2.45) is 0 Å². The Hall–Kier alpha value is -1.11. The largest absolute Gasteiger partial charge is 0.388 e. The Morgan fingerprint density at radius 1 is 1.21 bits per heavy atom. The van der Waals surface area contributed by atoms with E-state index in [2.05, 4.69) is 5.32 Å². The van der Waals surface area contributed by atoms with Gasteiger partial charge in [-0.15, -0.1) is 0 Å². The van der Waals surface area contributed by atoms with Gasteiger partial charge in [0.25, 0.3) is 0 Å². The summed E-state index contributed by atoms with van der Waals surface area (Å²) in [7, 11) is 0.108. The first kappa shape index (κ1) is 14.3. The van der Waals surface area contributed by atoms with Crippen LogP contribution in [0.5, 0.6) is 0 Å². The van der Waals surface area contributed by atoms with Crippen LogP contribution in [0.1, 0.15) is 12.8 Å². The van der Waals surface area contributed by atoms with Gasteiger partial charge in [-0.3, -0.25) is 0 Å². The van der Waals surface area contributed by atoms with Crippen LogP contribution >= 0.6 is 0 Å². The number of anilines is 1. The minimum Gasteiger partial charge on any atom is -0.388 e. The molecular formula is C13H20N2O3S. The smallest absolute Gasteiger partial charge is 0.243 e. The quantitative estimate of drug-likeness (QED) is 0.911. The van der Waals surface area contributed by atoms with Gasteiger partial charge in [0.1, 0.15) is 0 Å². The van der Waals surface area contributed by atoms with Gasteiger partial charge in [0.05, 0.1) is 11.0 Å². The van der Waals surface area contributed by atoms with E-state index < -0.39 is 10.0 Å². The molecule has 0 bridgehead atoms. The van der Waals surface area contributed by atoms with Crippen molar-refractivity contribution in [3.8, 4) is 0 Å². The highest BCUT2D eigenvalue weighted by molar-refractivity contribution is 7.89. The van der Waals surface area contributed by atoms with Crippen LogP contribution in [0, 0.1) is 0 Å². The Balaban J connectivity index is 2.13. The fourth-order valence-electron chi connectivity index (χ4n) is 2.25. The summed E-state index contributed by atoms with van der Waals surface area (Å²) in [6.07, 6.45) is 1.69. The predicted octanol–water partition coefficient (Wildman–Crippen LogP) is 1.53. The van der Waals surface area contributed by atoms with Gasteiger partial charge in [0.15, 0.2) is 0 Å². The molecule has 6 heteroatoms. The molecule has 1 aromatic rings. The first-order valence-electron chi connectivity index (χ1n) is 6.38. The molecule has 19 heavy (non-hydrogen) atoms. The molecule has 0 spiro atoms. The topological polar surface area (TPSA) is 58.6 Å². The molecule has 1 N–H and O–H groups in total. The van der Waals surface area contributed by atoms with E-state index in [1.165, 1.54) is 4.31 Å². The van der Waals surface area contributed by atoms with Crippen molar-refractivity contribution in [2.45, 2.75) is 23.8 Å². The van der Waals surface area contributed by atoms with Gasteiger partial charge in [-0.2, -0.15) is 4.31 Å². The molecule has 1 heterocycles. The average molecular weight is 284 g/mol. The fraction of sp³-hybridized carbons (Fsp3) is 0.538. The molecule has 1 aliphatic heterocycles. The summed E-state index contributed by atoms with van der Waals surface area (Å²) in [5.41, 5.74) is 0.900. The lowest BCUT2D eigenvalue weighted by atomic mass is 10.1. The number of piperidine rings is 1. The summed E-state index contributed by atoms with van der Waals surface area (Å²) in [6.45, 7) is 1.04. The zero-order chi connectivity index (χ0) is 13.9. The van der Waals surface area contributed by atoms with E-state index in [1.807, 2.05) is 0 Å². The number of methoxy groups -OCH3 is 1. The molecule has 1 saturated heterocycles. The van der Waals surface area contributed by atoms with Crippen molar-refractivity contribution in [1.29, 1.82) is 0 Å². The summed E-state index contributed by atoms with van der Waals surface area (Å²) in [4.78, 5) is 0.349. The minimum absolute atomic E-state index is 0.179. The normalized spacial score (nSPS) is 18.4. The van der Waals surface area contributed by atoms with Crippen molar-refractivity contribution in [3.63, 3.8) is 0 Å². The zero-order valence-corrected chi connectivity index (χ0v) is 12.1. The average Bonchev–Trinajstić information content (AvgIpc) is 2.47. The summed E-state index contributed by atoms with van der Waals surface area (Å²) in [5.74, 6) is 0. The van der Waals surface area contributed by atoms with Crippen molar-refractivity contribution in [2.75, 3.05) is 32.6 Å². The highest BCUT2D eigenvalue weighted by Crippen LogP contribution is 2.22. The molecule has 0 atom stereocenters. The number of benzene rings is 1. The zero-order valence-electron chi connectivity index (χ0n) is 11.3. The maximum Gasteiger partial charge on any atom is 0.243 e. The highest BCUT2D eigenvalue weighted by Gasteiger charge is 2.29. The third kappa shape index (κ3) is 3.08. The van der Waals surface area contributed by atoms with E-state index in [1.54, 1.807) is 38.4 Å². The van der Waals surface area contributed by atoms with Gasteiger partial charge in [-0.05, 0) is 37.1 Å². The molecule has 1 aliphatic rings. The maximum atomic E-state index is 12.4. The molecule has 106 valence electrons. The van der Waals surface area contributed by atoms with Gasteiger partial charge in [-0.25, -0.2) is 8.42 Å². The monoisotopic (exact) mass is 284 g/mol. The number of nitrogens with one attached hydrogen (secondary N) is 1. The summed E-state index contributed by atoms with van der Waals surface area (Å²) >= 11 is 0. The molecule has 1 fully saturated rings. The van der Waals surface area contributed by atoms with E-state index in [-0.39, 0.29) is 6.10 Å². The van der Waals surface area contributed by atoms with Crippen LogP contribution < -0.4 is 5.32 Å². The van der Waals surface area contributed by atoms with Crippen LogP contribution in [0.3, 0.4) is 0 Å². The lowest BCUT2D eigenvalue weighted by Gasteiger charge is -2.30. The van der Waals surface area contributed by atoms with Crippen molar-refractivity contribution >= 4 is 15.7 Å². The lowest BCUT2D eigenvalue weighted by molar-refractivity contribution is 0.0604. The SMILES string of the molecule is CNc1ccc(S(=O)(=O)N2CCC(OC)CC2)cc1. The molecule has 0 aliphatic carbocycles. The van der Waals surface area contributed by atoms with E-state index in [9.17, 15) is 8.42 Å². The number of rotatable bonds is 4. The summed E-state index contributed by atoms with van der Waals surface area (Å²) < 4.78 is 31.7. The van der Waals surface area contributed by atoms with Crippen LogP contribution in [0.25, 0.3) is 0 Å². The molecular weight excluding hydrogens is 264 g/mol. The first-order chi connectivity index (χ1) is 9.07. The van der Waals surface area contributed by atoms with Gasteiger partial charge < -0.3 is 10.1 Å². The third-order valence-electron chi connectivity index (χ3n) is 3.52. The molecule has 0 amide bonds. The molecule has 0 aromatic heterocycles. The second-order valence-corrected chi connectivity index (χ2v) is 6.55. The molecule has 2 rings (SSSR count). The van der Waals surface area contributed by atoms with E-state index in [0.29, 0.717) is 18.0 Å². The molecule has 0 unspecified atom stereocenters. The standard InChI is InChI=1S/C13H20N2O3S/c1-14-11-3-5-13(6-4-11)19(16,17)15-9-7-12(18-2)8-10-15/h3-6,12,14H,7-10H2,1-2H3. The van der Waals surface area contributed by atoms with Gasteiger partial charge >= 0.3 is 0 Å². The predicted molar refractivity (Wildman–Crippen MR) is 74.8 cm³/mol. The van der Waals surface area contributed by atoms with Crippen LogP contribution in [-0.2, 0) is 14.8 Å². The Morgan fingerprint density at radius 2 is 1.79 bits per heavy atom. The maximum absolute atomic E-state index is 12.4.